The maximum Gasteiger partial charge on any atom is 0.241 e. The number of benzene rings is 1. The van der Waals surface area contributed by atoms with E-state index in [0.717, 1.165) is 17.4 Å². The van der Waals surface area contributed by atoms with Crippen LogP contribution in [0, 0.1) is 6.92 Å². The van der Waals surface area contributed by atoms with E-state index in [0.29, 0.717) is 0 Å². The zero-order chi connectivity index (χ0) is 16.0. The Kier molecular flexibility index (Phi) is 6.32. The quantitative estimate of drug-likeness (QED) is 0.708. The fourth-order valence-corrected chi connectivity index (χ4v) is 2.52. The van der Waals surface area contributed by atoms with Crippen molar-refractivity contribution in [2.75, 3.05) is 33.4 Å². The van der Waals surface area contributed by atoms with Crippen LogP contribution in [-0.4, -0.2) is 52.7 Å². The summed E-state index contributed by atoms with van der Waals surface area (Å²) in [6, 6.07) is 7.37. The molecule has 1 rings (SSSR count). The van der Waals surface area contributed by atoms with Crippen molar-refractivity contribution in [1.82, 2.24) is 14.9 Å². The summed E-state index contributed by atoms with van der Waals surface area (Å²) in [5, 5.41) is 2.75. The van der Waals surface area contributed by atoms with Crippen LogP contribution < -0.4 is 10.0 Å². The molecule has 118 valence electrons. The zero-order valence-electron chi connectivity index (χ0n) is 12.9. The first kappa shape index (κ1) is 17.6. The summed E-state index contributed by atoms with van der Waals surface area (Å²) in [4.78, 5) is 14.1. The number of amides is 1. The summed E-state index contributed by atoms with van der Waals surface area (Å²) >= 11 is 0. The van der Waals surface area contributed by atoms with E-state index in [4.69, 9.17) is 0 Å². The van der Waals surface area contributed by atoms with Crippen LogP contribution in [0.2, 0.25) is 0 Å². The molecule has 6 nitrogen and oxygen atoms in total. The summed E-state index contributed by atoms with van der Waals surface area (Å²) < 4.78 is 24.2. The van der Waals surface area contributed by atoms with Crippen LogP contribution in [0.4, 0.5) is 0 Å². The fourth-order valence-electron chi connectivity index (χ4n) is 2.04. The molecule has 1 aromatic carbocycles. The lowest BCUT2D eigenvalue weighted by Crippen LogP contribution is -2.40. The standard InChI is InChI=1S/C14H23N3O3S/c1-11-6-5-7-12(10-11)13(17(2)3)14(18)15-8-9-16-21(4,19)20/h5-7,10,13,16H,8-9H2,1-4H3,(H,15,18)/t13-/m1/s1. The summed E-state index contributed by atoms with van der Waals surface area (Å²) in [6.07, 6.45) is 1.09. The highest BCUT2D eigenvalue weighted by molar-refractivity contribution is 7.88. The van der Waals surface area contributed by atoms with Gasteiger partial charge in [-0.3, -0.25) is 9.69 Å². The van der Waals surface area contributed by atoms with Crippen LogP contribution in [0.25, 0.3) is 0 Å². The number of nitrogens with one attached hydrogen (secondary N) is 2. The number of likely N-dealkylation sites (N-methyl/N-ethyl adjacent to an activating group) is 1. The first-order valence-electron chi connectivity index (χ1n) is 6.66. The molecular weight excluding hydrogens is 290 g/mol. The van der Waals surface area contributed by atoms with Crippen molar-refractivity contribution in [3.05, 3.63) is 35.4 Å². The van der Waals surface area contributed by atoms with Gasteiger partial charge < -0.3 is 5.32 Å². The number of carbonyl (C=O) groups is 1. The molecule has 0 heterocycles. The van der Waals surface area contributed by atoms with Gasteiger partial charge in [-0.05, 0) is 26.6 Å². The Labute approximate surface area is 126 Å². The van der Waals surface area contributed by atoms with Crippen molar-refractivity contribution in [3.63, 3.8) is 0 Å². The Bertz CT molecular complexity index is 585. The summed E-state index contributed by atoms with van der Waals surface area (Å²) in [7, 11) is 0.441. The smallest absolute Gasteiger partial charge is 0.241 e. The number of hydrogen-bond acceptors (Lipinski definition) is 4. The number of carbonyl (C=O) groups excluding carboxylic acids is 1. The minimum absolute atomic E-state index is 0.152. The molecule has 0 fully saturated rings. The predicted octanol–water partition coefficient (Wildman–Crippen LogP) is 0.263. The van der Waals surface area contributed by atoms with Crippen LogP contribution in [-0.2, 0) is 14.8 Å². The Morgan fingerprint density at radius 3 is 2.48 bits per heavy atom. The molecular formula is C14H23N3O3S. The molecule has 0 saturated carbocycles. The molecule has 2 N–H and O–H groups in total. The normalized spacial score (nSPS) is 13.2. The number of hydrogen-bond donors (Lipinski definition) is 2. The summed E-state index contributed by atoms with van der Waals surface area (Å²) in [6.45, 7) is 2.41. The van der Waals surface area contributed by atoms with E-state index in [1.165, 1.54) is 0 Å². The molecule has 0 aliphatic rings. The van der Waals surface area contributed by atoms with Crippen molar-refractivity contribution in [3.8, 4) is 0 Å². The van der Waals surface area contributed by atoms with E-state index in [1.807, 2.05) is 50.2 Å². The molecule has 1 aromatic rings. The highest BCUT2D eigenvalue weighted by atomic mass is 32.2. The highest BCUT2D eigenvalue weighted by Gasteiger charge is 2.22. The fraction of sp³-hybridized carbons (Fsp3) is 0.500. The summed E-state index contributed by atoms with van der Waals surface area (Å²) in [5.41, 5.74) is 2.00. The molecule has 1 amide bonds. The minimum Gasteiger partial charge on any atom is -0.353 e. The van der Waals surface area contributed by atoms with E-state index in [1.54, 1.807) is 0 Å². The Morgan fingerprint density at radius 2 is 1.95 bits per heavy atom. The Hall–Kier alpha value is -1.44. The maximum absolute atomic E-state index is 12.3. The second kappa shape index (κ2) is 7.53. The number of aryl methyl sites for hydroxylation is 1. The van der Waals surface area contributed by atoms with Gasteiger partial charge in [-0.25, -0.2) is 13.1 Å². The first-order chi connectivity index (χ1) is 9.70. The van der Waals surface area contributed by atoms with E-state index < -0.39 is 16.1 Å². The molecule has 0 unspecified atom stereocenters. The zero-order valence-corrected chi connectivity index (χ0v) is 13.7. The lowest BCUT2D eigenvalue weighted by atomic mass is 10.0. The van der Waals surface area contributed by atoms with E-state index in [9.17, 15) is 13.2 Å². The van der Waals surface area contributed by atoms with Crippen LogP contribution in [0.3, 0.4) is 0 Å². The second-order valence-corrected chi connectivity index (χ2v) is 7.07. The van der Waals surface area contributed by atoms with Crippen LogP contribution in [0.15, 0.2) is 24.3 Å². The first-order valence-corrected chi connectivity index (χ1v) is 8.55. The Morgan fingerprint density at radius 1 is 1.29 bits per heavy atom. The van der Waals surface area contributed by atoms with Crippen LogP contribution in [0.1, 0.15) is 17.2 Å². The van der Waals surface area contributed by atoms with E-state index in [-0.39, 0.29) is 19.0 Å². The topological polar surface area (TPSA) is 78.5 Å². The molecule has 21 heavy (non-hydrogen) atoms. The maximum atomic E-state index is 12.3. The van der Waals surface area contributed by atoms with E-state index >= 15 is 0 Å². The van der Waals surface area contributed by atoms with Crippen molar-refractivity contribution in [1.29, 1.82) is 0 Å². The largest absolute Gasteiger partial charge is 0.353 e. The molecule has 0 aromatic heterocycles. The number of sulfonamides is 1. The van der Waals surface area contributed by atoms with Crippen molar-refractivity contribution in [2.24, 2.45) is 0 Å². The molecule has 0 spiro atoms. The van der Waals surface area contributed by atoms with E-state index in [2.05, 4.69) is 10.0 Å². The van der Waals surface area contributed by atoms with Crippen LogP contribution in [0.5, 0.6) is 0 Å². The highest BCUT2D eigenvalue weighted by Crippen LogP contribution is 2.19. The number of rotatable bonds is 7. The monoisotopic (exact) mass is 313 g/mol. The average Bonchev–Trinajstić information content (AvgIpc) is 2.33. The third kappa shape index (κ3) is 6.24. The average molecular weight is 313 g/mol. The van der Waals surface area contributed by atoms with Crippen LogP contribution >= 0.6 is 0 Å². The van der Waals surface area contributed by atoms with Gasteiger partial charge in [0, 0.05) is 13.1 Å². The van der Waals surface area contributed by atoms with Crippen molar-refractivity contribution < 1.29 is 13.2 Å². The molecule has 1 atom stereocenters. The molecule has 7 heteroatoms. The molecule has 0 saturated heterocycles. The minimum atomic E-state index is -3.23. The third-order valence-electron chi connectivity index (χ3n) is 2.91. The van der Waals surface area contributed by atoms with Crippen molar-refractivity contribution >= 4 is 15.9 Å². The van der Waals surface area contributed by atoms with Crippen molar-refractivity contribution in [2.45, 2.75) is 13.0 Å². The SMILES string of the molecule is Cc1cccc([C@H](C(=O)NCCNS(C)(=O)=O)N(C)C)c1. The van der Waals surface area contributed by atoms with Gasteiger partial charge in [0.25, 0.3) is 0 Å². The molecule has 0 aliphatic heterocycles. The van der Waals surface area contributed by atoms with Gasteiger partial charge in [0.2, 0.25) is 15.9 Å². The summed E-state index contributed by atoms with van der Waals surface area (Å²) in [5.74, 6) is -0.152. The molecule has 0 radical (unpaired) electrons. The van der Waals surface area contributed by atoms with Gasteiger partial charge in [0.05, 0.1) is 6.26 Å². The second-order valence-electron chi connectivity index (χ2n) is 5.24. The predicted molar refractivity (Wildman–Crippen MR) is 83.5 cm³/mol. The number of nitrogens with zero attached hydrogens (tertiary/aromatic N) is 1. The lowest BCUT2D eigenvalue weighted by molar-refractivity contribution is -0.125. The van der Waals surface area contributed by atoms with Gasteiger partial charge in [0.15, 0.2) is 0 Å². The lowest BCUT2D eigenvalue weighted by Gasteiger charge is -2.24. The third-order valence-corrected chi connectivity index (χ3v) is 3.64. The van der Waals surface area contributed by atoms with Gasteiger partial charge in [0.1, 0.15) is 6.04 Å². The van der Waals surface area contributed by atoms with Gasteiger partial charge in [-0.15, -0.1) is 0 Å². The van der Waals surface area contributed by atoms with Gasteiger partial charge in [-0.2, -0.15) is 0 Å². The van der Waals surface area contributed by atoms with Gasteiger partial charge >= 0.3 is 0 Å². The molecule has 0 aliphatic carbocycles. The Balaban J connectivity index is 2.67. The van der Waals surface area contributed by atoms with Gasteiger partial charge in [-0.1, -0.05) is 29.8 Å². The molecule has 0 bridgehead atoms.